The van der Waals surface area contributed by atoms with E-state index in [0.29, 0.717) is 24.0 Å². The summed E-state index contributed by atoms with van der Waals surface area (Å²) in [6.07, 6.45) is 7.75. The van der Waals surface area contributed by atoms with Crippen LogP contribution in [0.2, 0.25) is 0 Å². The maximum absolute atomic E-state index is 12.6. The number of halogens is 1. The fraction of sp³-hybridized carbons (Fsp3) is 0.474. The van der Waals surface area contributed by atoms with E-state index in [1.54, 1.807) is 0 Å². The first kappa shape index (κ1) is 18.8. The van der Waals surface area contributed by atoms with Crippen molar-refractivity contribution >= 4 is 51.6 Å². The van der Waals surface area contributed by atoms with E-state index in [1.165, 1.54) is 24.2 Å². The Morgan fingerprint density at radius 1 is 1.28 bits per heavy atom. The van der Waals surface area contributed by atoms with Gasteiger partial charge >= 0.3 is 0 Å². The molecule has 3 rings (SSSR count). The fourth-order valence-electron chi connectivity index (χ4n) is 3.32. The molecule has 0 atom stereocenters. The zero-order chi connectivity index (χ0) is 17.8. The molecule has 4 nitrogen and oxygen atoms in total. The van der Waals surface area contributed by atoms with E-state index < -0.39 is 0 Å². The summed E-state index contributed by atoms with van der Waals surface area (Å²) in [5, 5.41) is -0.137. The summed E-state index contributed by atoms with van der Waals surface area (Å²) < 4.78 is 6.53. The minimum absolute atomic E-state index is 0.137. The molecule has 0 N–H and O–H groups in total. The molecule has 1 aliphatic heterocycles. The van der Waals surface area contributed by atoms with Crippen LogP contribution in [0, 0.1) is 9.49 Å². The first-order chi connectivity index (χ1) is 12.1. The molecule has 1 aromatic rings. The van der Waals surface area contributed by atoms with Crippen LogP contribution in [0.4, 0.5) is 4.79 Å². The second kappa shape index (κ2) is 8.58. The van der Waals surface area contributed by atoms with Crippen molar-refractivity contribution in [1.82, 2.24) is 4.90 Å². The molecular formula is C19H22INO3S. The largest absolute Gasteiger partial charge is 0.493 e. The number of nitrogens with zero attached hydrogens (tertiary/aromatic N) is 1. The average Bonchev–Trinajstić information content (AvgIpc) is 2.86. The third kappa shape index (κ3) is 4.58. The van der Waals surface area contributed by atoms with Crippen molar-refractivity contribution in [2.24, 2.45) is 5.92 Å². The molecule has 0 bridgehead atoms. The van der Waals surface area contributed by atoms with Crippen LogP contribution < -0.4 is 4.74 Å². The van der Waals surface area contributed by atoms with E-state index in [4.69, 9.17) is 4.74 Å². The Morgan fingerprint density at radius 2 is 2.04 bits per heavy atom. The number of imide groups is 1. The molecule has 1 aliphatic carbocycles. The number of benzene rings is 1. The second-order valence-electron chi connectivity index (χ2n) is 6.42. The van der Waals surface area contributed by atoms with Gasteiger partial charge in [-0.1, -0.05) is 25.3 Å². The number of carbonyl (C=O) groups is 2. The highest BCUT2D eigenvalue weighted by atomic mass is 127. The van der Waals surface area contributed by atoms with Crippen LogP contribution in [0.25, 0.3) is 6.08 Å². The number of thioether (sulfide) groups is 1. The lowest BCUT2D eigenvalue weighted by molar-refractivity contribution is -0.123. The minimum atomic E-state index is -0.149. The summed E-state index contributed by atoms with van der Waals surface area (Å²) >= 11 is 3.27. The van der Waals surface area contributed by atoms with Gasteiger partial charge < -0.3 is 4.74 Å². The highest BCUT2D eigenvalue weighted by molar-refractivity contribution is 14.1. The van der Waals surface area contributed by atoms with Crippen molar-refractivity contribution in [3.05, 3.63) is 32.2 Å². The summed E-state index contributed by atoms with van der Waals surface area (Å²) in [6, 6.07) is 5.80. The molecule has 2 fully saturated rings. The summed E-state index contributed by atoms with van der Waals surface area (Å²) in [5.74, 6) is 1.16. The van der Waals surface area contributed by atoms with E-state index in [0.717, 1.165) is 39.5 Å². The van der Waals surface area contributed by atoms with Gasteiger partial charge in [-0.2, -0.15) is 0 Å². The summed E-state index contributed by atoms with van der Waals surface area (Å²) in [7, 11) is 0. The SMILES string of the molecule is CCOc1ccc(C=C2SC(=O)N(CC3CCCCC3)C2=O)cc1I. The monoisotopic (exact) mass is 471 g/mol. The normalized spacial score (nSPS) is 20.6. The molecule has 0 aromatic heterocycles. The second-order valence-corrected chi connectivity index (χ2v) is 8.57. The standard InChI is InChI=1S/C19H22INO3S/c1-2-24-16-9-8-14(10-15(16)20)11-17-18(22)21(19(23)25-17)12-13-6-4-3-5-7-13/h8-11,13H,2-7,12H2,1H3. The lowest BCUT2D eigenvalue weighted by Gasteiger charge is -2.25. The van der Waals surface area contributed by atoms with Gasteiger partial charge in [-0.05, 0) is 83.8 Å². The summed E-state index contributed by atoms with van der Waals surface area (Å²) in [4.78, 5) is 26.9. The zero-order valence-electron chi connectivity index (χ0n) is 14.3. The van der Waals surface area contributed by atoms with Crippen molar-refractivity contribution in [2.75, 3.05) is 13.2 Å². The van der Waals surface area contributed by atoms with Gasteiger partial charge in [0.25, 0.3) is 11.1 Å². The molecule has 1 saturated heterocycles. The lowest BCUT2D eigenvalue weighted by Crippen LogP contribution is -2.34. The zero-order valence-corrected chi connectivity index (χ0v) is 17.3. The highest BCUT2D eigenvalue weighted by Crippen LogP contribution is 2.35. The Bertz CT molecular complexity index is 698. The van der Waals surface area contributed by atoms with Crippen LogP contribution in [-0.4, -0.2) is 29.2 Å². The number of rotatable bonds is 5. The number of hydrogen-bond acceptors (Lipinski definition) is 4. The topological polar surface area (TPSA) is 46.6 Å². The van der Waals surface area contributed by atoms with Crippen LogP contribution in [0.1, 0.15) is 44.6 Å². The molecule has 2 aliphatic rings. The fourth-order valence-corrected chi connectivity index (χ4v) is 4.86. The van der Waals surface area contributed by atoms with E-state index in [1.807, 2.05) is 31.2 Å². The van der Waals surface area contributed by atoms with E-state index in [2.05, 4.69) is 22.6 Å². The van der Waals surface area contributed by atoms with Gasteiger partial charge in [0.05, 0.1) is 15.1 Å². The van der Waals surface area contributed by atoms with Crippen molar-refractivity contribution in [3.63, 3.8) is 0 Å². The molecule has 2 amide bonds. The number of hydrogen-bond donors (Lipinski definition) is 0. The van der Waals surface area contributed by atoms with Crippen LogP contribution in [-0.2, 0) is 4.79 Å². The van der Waals surface area contributed by atoms with E-state index in [-0.39, 0.29) is 11.1 Å². The van der Waals surface area contributed by atoms with Gasteiger partial charge in [0.15, 0.2) is 0 Å². The van der Waals surface area contributed by atoms with Gasteiger partial charge in [-0.25, -0.2) is 0 Å². The van der Waals surface area contributed by atoms with Crippen LogP contribution in [0.3, 0.4) is 0 Å². The number of amides is 2. The van der Waals surface area contributed by atoms with Crippen LogP contribution in [0.5, 0.6) is 5.75 Å². The van der Waals surface area contributed by atoms with E-state index in [9.17, 15) is 9.59 Å². The molecule has 0 unspecified atom stereocenters. The molecule has 25 heavy (non-hydrogen) atoms. The molecule has 1 heterocycles. The van der Waals surface area contributed by atoms with Crippen molar-refractivity contribution in [1.29, 1.82) is 0 Å². The average molecular weight is 471 g/mol. The molecule has 0 radical (unpaired) electrons. The highest BCUT2D eigenvalue weighted by Gasteiger charge is 2.36. The van der Waals surface area contributed by atoms with Gasteiger partial charge in [0.1, 0.15) is 5.75 Å². The maximum Gasteiger partial charge on any atom is 0.293 e. The summed E-state index contributed by atoms with van der Waals surface area (Å²) in [6.45, 7) is 3.14. The smallest absolute Gasteiger partial charge is 0.293 e. The molecule has 0 spiro atoms. The van der Waals surface area contributed by atoms with Gasteiger partial charge in [0.2, 0.25) is 0 Å². The first-order valence-electron chi connectivity index (χ1n) is 8.76. The molecule has 1 saturated carbocycles. The Hall–Kier alpha value is -1.02. The molecule has 6 heteroatoms. The molecule has 134 valence electrons. The van der Waals surface area contributed by atoms with Crippen LogP contribution >= 0.6 is 34.4 Å². The van der Waals surface area contributed by atoms with Crippen molar-refractivity contribution in [2.45, 2.75) is 39.0 Å². The number of carbonyl (C=O) groups excluding carboxylic acids is 2. The third-order valence-corrected chi connectivity index (χ3v) is 6.34. The predicted molar refractivity (Wildman–Crippen MR) is 110 cm³/mol. The Kier molecular flexibility index (Phi) is 6.44. The third-order valence-electron chi connectivity index (χ3n) is 4.59. The van der Waals surface area contributed by atoms with Gasteiger partial charge in [0, 0.05) is 6.54 Å². The predicted octanol–water partition coefficient (Wildman–Crippen LogP) is 5.31. The van der Waals surface area contributed by atoms with Gasteiger partial charge in [-0.15, -0.1) is 0 Å². The molecule has 1 aromatic carbocycles. The Morgan fingerprint density at radius 3 is 2.72 bits per heavy atom. The van der Waals surface area contributed by atoms with Crippen molar-refractivity contribution < 1.29 is 14.3 Å². The summed E-state index contributed by atoms with van der Waals surface area (Å²) in [5.41, 5.74) is 0.913. The van der Waals surface area contributed by atoms with E-state index >= 15 is 0 Å². The maximum atomic E-state index is 12.6. The quantitative estimate of drug-likeness (QED) is 0.432. The Labute approximate surface area is 166 Å². The van der Waals surface area contributed by atoms with Crippen molar-refractivity contribution in [3.8, 4) is 5.75 Å². The van der Waals surface area contributed by atoms with Gasteiger partial charge in [-0.3, -0.25) is 14.5 Å². The lowest BCUT2D eigenvalue weighted by atomic mass is 9.89. The first-order valence-corrected chi connectivity index (χ1v) is 10.7. The number of ether oxygens (including phenoxy) is 1. The van der Waals surface area contributed by atoms with Crippen LogP contribution in [0.15, 0.2) is 23.1 Å². The molecular weight excluding hydrogens is 449 g/mol. The Balaban J connectivity index is 1.72. The minimum Gasteiger partial charge on any atom is -0.493 e.